The van der Waals surface area contributed by atoms with Crippen molar-refractivity contribution < 1.29 is 19.0 Å². The van der Waals surface area contributed by atoms with Crippen molar-refractivity contribution in [3.05, 3.63) is 59.2 Å². The van der Waals surface area contributed by atoms with Gasteiger partial charge in [-0.1, -0.05) is 36.4 Å². The molecule has 32 heavy (non-hydrogen) atoms. The number of likely N-dealkylation sites (tertiary alicyclic amines) is 1. The molecule has 2 atom stereocenters. The van der Waals surface area contributed by atoms with E-state index in [1.165, 1.54) is 5.56 Å². The predicted molar refractivity (Wildman–Crippen MR) is 124 cm³/mol. The van der Waals surface area contributed by atoms with E-state index in [9.17, 15) is 4.79 Å². The summed E-state index contributed by atoms with van der Waals surface area (Å²) < 4.78 is 17.8. The molecule has 0 saturated carbocycles. The average molecular weight is 439 g/mol. The molecule has 172 valence electrons. The molecular formula is C26H34N2O4. The van der Waals surface area contributed by atoms with Crippen molar-refractivity contribution >= 4 is 6.41 Å². The van der Waals surface area contributed by atoms with E-state index in [2.05, 4.69) is 40.5 Å². The molecule has 1 fully saturated rings. The van der Waals surface area contributed by atoms with Gasteiger partial charge in [0, 0.05) is 25.1 Å². The number of amides is 1. The van der Waals surface area contributed by atoms with Crippen molar-refractivity contribution in [2.24, 2.45) is 5.92 Å². The van der Waals surface area contributed by atoms with Crippen LogP contribution in [0.3, 0.4) is 0 Å². The van der Waals surface area contributed by atoms with Crippen LogP contribution in [0.15, 0.2) is 42.5 Å². The number of hydrogen-bond acceptors (Lipinski definition) is 5. The van der Waals surface area contributed by atoms with Crippen LogP contribution in [0.25, 0.3) is 0 Å². The lowest BCUT2D eigenvalue weighted by Gasteiger charge is -2.41. The highest BCUT2D eigenvalue weighted by atomic mass is 16.5. The summed E-state index contributed by atoms with van der Waals surface area (Å²) in [7, 11) is 3.35. The standard InChI is InChI=1S/C26H34N2O4/c1-30-23-9-8-21-22(26(23)31-2)16-24(32-25(21)17-27-18-29)20-11-14-28(15-12-20)13-10-19-6-4-3-5-7-19/h3-9,18,20,24-25H,10-17H2,1-2H3,(H,27,29)/t24-,25-/m0/s1. The van der Waals surface area contributed by atoms with E-state index in [4.69, 9.17) is 14.2 Å². The number of carbonyl (C=O) groups is 1. The van der Waals surface area contributed by atoms with E-state index < -0.39 is 0 Å². The van der Waals surface area contributed by atoms with Crippen molar-refractivity contribution in [3.63, 3.8) is 0 Å². The van der Waals surface area contributed by atoms with Gasteiger partial charge >= 0.3 is 0 Å². The Bertz CT molecular complexity index is 881. The minimum Gasteiger partial charge on any atom is -0.493 e. The van der Waals surface area contributed by atoms with Crippen LogP contribution in [0.1, 0.15) is 35.6 Å². The molecule has 6 heteroatoms. The third kappa shape index (κ3) is 5.08. The number of nitrogens with zero attached hydrogens (tertiary/aromatic N) is 1. The Morgan fingerprint density at radius 3 is 2.56 bits per heavy atom. The van der Waals surface area contributed by atoms with E-state index in [-0.39, 0.29) is 12.2 Å². The van der Waals surface area contributed by atoms with Crippen molar-refractivity contribution in [3.8, 4) is 11.5 Å². The first-order chi connectivity index (χ1) is 15.7. The number of methoxy groups -OCH3 is 2. The number of hydrogen-bond donors (Lipinski definition) is 1. The fourth-order valence-corrected chi connectivity index (χ4v) is 5.12. The Labute approximate surface area is 190 Å². The molecule has 2 aromatic rings. The minimum absolute atomic E-state index is 0.109. The lowest BCUT2D eigenvalue weighted by Crippen LogP contribution is -2.43. The lowest BCUT2D eigenvalue weighted by atomic mass is 9.83. The van der Waals surface area contributed by atoms with E-state index >= 15 is 0 Å². The average Bonchev–Trinajstić information content (AvgIpc) is 2.86. The van der Waals surface area contributed by atoms with E-state index in [1.54, 1.807) is 14.2 Å². The summed E-state index contributed by atoms with van der Waals surface area (Å²) in [4.78, 5) is 13.5. The van der Waals surface area contributed by atoms with Gasteiger partial charge in [-0.25, -0.2) is 0 Å². The Morgan fingerprint density at radius 2 is 1.88 bits per heavy atom. The van der Waals surface area contributed by atoms with Gasteiger partial charge in [-0.05, 0) is 55.5 Å². The third-order valence-corrected chi connectivity index (χ3v) is 6.88. The second-order valence-electron chi connectivity index (χ2n) is 8.68. The summed E-state index contributed by atoms with van der Waals surface area (Å²) in [5, 5.41) is 2.80. The molecule has 1 saturated heterocycles. The Kier molecular flexibility index (Phi) is 7.66. The second-order valence-corrected chi connectivity index (χ2v) is 8.68. The second kappa shape index (κ2) is 10.8. The van der Waals surface area contributed by atoms with E-state index in [0.29, 0.717) is 12.5 Å². The Hall–Kier alpha value is -2.57. The number of carbonyl (C=O) groups excluding carboxylic acids is 1. The quantitative estimate of drug-likeness (QED) is 0.608. The zero-order valence-electron chi connectivity index (χ0n) is 19.1. The smallest absolute Gasteiger partial charge is 0.207 e. The number of fused-ring (bicyclic) bond motifs is 1. The van der Waals surface area contributed by atoms with Crippen LogP contribution in [0.5, 0.6) is 11.5 Å². The number of nitrogens with one attached hydrogen (secondary N) is 1. The summed E-state index contributed by atoms with van der Waals surface area (Å²) >= 11 is 0. The van der Waals surface area contributed by atoms with Crippen molar-refractivity contribution in [1.82, 2.24) is 10.2 Å². The van der Waals surface area contributed by atoms with E-state index in [0.717, 1.165) is 74.4 Å². The number of rotatable bonds is 9. The maximum atomic E-state index is 10.9. The first kappa shape index (κ1) is 22.6. The highest BCUT2D eigenvalue weighted by Gasteiger charge is 2.36. The molecule has 6 nitrogen and oxygen atoms in total. The first-order valence-electron chi connectivity index (χ1n) is 11.6. The molecule has 2 aliphatic heterocycles. The van der Waals surface area contributed by atoms with Crippen LogP contribution in [-0.2, 0) is 22.4 Å². The van der Waals surface area contributed by atoms with Gasteiger partial charge in [0.25, 0.3) is 0 Å². The summed E-state index contributed by atoms with van der Waals surface area (Å²) in [5.41, 5.74) is 3.62. The highest BCUT2D eigenvalue weighted by molar-refractivity contribution is 5.53. The van der Waals surface area contributed by atoms with Gasteiger partial charge in [-0.3, -0.25) is 4.79 Å². The van der Waals surface area contributed by atoms with Crippen molar-refractivity contribution in [2.75, 3.05) is 40.4 Å². The molecular weight excluding hydrogens is 404 g/mol. The normalized spacial score (nSPS) is 21.6. The topological polar surface area (TPSA) is 60.0 Å². The van der Waals surface area contributed by atoms with E-state index in [1.807, 2.05) is 12.1 Å². The molecule has 0 aliphatic carbocycles. The molecule has 2 heterocycles. The molecule has 1 amide bonds. The van der Waals surface area contributed by atoms with Crippen molar-refractivity contribution in [2.45, 2.75) is 37.9 Å². The summed E-state index contributed by atoms with van der Waals surface area (Å²) in [6.07, 6.45) is 4.81. The van der Waals surface area contributed by atoms with Crippen LogP contribution < -0.4 is 14.8 Å². The SMILES string of the molecule is COc1ccc2c(c1OC)C[C@@H](C1CCN(CCc3ccccc3)CC1)O[C@H]2CNC=O. The highest BCUT2D eigenvalue weighted by Crippen LogP contribution is 2.43. The summed E-state index contributed by atoms with van der Waals surface area (Å²) in [6.45, 7) is 3.74. The molecule has 4 rings (SSSR count). The molecule has 0 bridgehead atoms. The third-order valence-electron chi connectivity index (χ3n) is 6.88. The van der Waals surface area contributed by atoms with Crippen LogP contribution in [0.2, 0.25) is 0 Å². The van der Waals surface area contributed by atoms with Gasteiger partial charge in [0.2, 0.25) is 6.41 Å². The molecule has 1 N–H and O–H groups in total. The van der Waals surface area contributed by atoms with Crippen molar-refractivity contribution in [1.29, 1.82) is 0 Å². The lowest BCUT2D eigenvalue weighted by molar-refractivity contribution is -0.111. The van der Waals surface area contributed by atoms with Crippen LogP contribution in [-0.4, -0.2) is 57.8 Å². The Morgan fingerprint density at radius 1 is 1.09 bits per heavy atom. The van der Waals surface area contributed by atoms with Gasteiger partial charge in [0.1, 0.15) is 6.10 Å². The molecule has 2 aromatic carbocycles. The van der Waals surface area contributed by atoms with Gasteiger partial charge < -0.3 is 24.4 Å². The van der Waals surface area contributed by atoms with Crippen LogP contribution >= 0.6 is 0 Å². The molecule has 2 aliphatic rings. The summed E-state index contributed by atoms with van der Waals surface area (Å²) in [5.74, 6) is 2.02. The Balaban J connectivity index is 1.42. The minimum atomic E-state index is -0.176. The van der Waals surface area contributed by atoms with Crippen LogP contribution in [0, 0.1) is 5.92 Å². The molecule has 0 spiro atoms. The number of piperidine rings is 1. The van der Waals surface area contributed by atoms with Gasteiger partial charge in [0.15, 0.2) is 11.5 Å². The zero-order valence-corrected chi connectivity index (χ0v) is 19.1. The first-order valence-corrected chi connectivity index (χ1v) is 11.6. The number of benzene rings is 2. The number of ether oxygens (including phenoxy) is 3. The maximum absolute atomic E-state index is 10.9. The monoisotopic (exact) mass is 438 g/mol. The fraction of sp³-hybridized carbons (Fsp3) is 0.500. The predicted octanol–water partition coefficient (Wildman–Crippen LogP) is 3.39. The molecule has 0 aromatic heterocycles. The maximum Gasteiger partial charge on any atom is 0.207 e. The molecule has 0 radical (unpaired) electrons. The van der Waals surface area contributed by atoms with Gasteiger partial charge in [-0.15, -0.1) is 0 Å². The van der Waals surface area contributed by atoms with Gasteiger partial charge in [0.05, 0.1) is 20.3 Å². The fourth-order valence-electron chi connectivity index (χ4n) is 5.12. The molecule has 0 unspecified atom stereocenters. The largest absolute Gasteiger partial charge is 0.493 e. The summed E-state index contributed by atoms with van der Waals surface area (Å²) in [6, 6.07) is 14.7. The van der Waals surface area contributed by atoms with Gasteiger partial charge in [-0.2, -0.15) is 0 Å². The van der Waals surface area contributed by atoms with Crippen LogP contribution in [0.4, 0.5) is 0 Å². The zero-order chi connectivity index (χ0) is 22.3.